The molecule has 4 heteroatoms. The lowest BCUT2D eigenvalue weighted by Gasteiger charge is -2.44. The van der Waals surface area contributed by atoms with Gasteiger partial charge in [-0.25, -0.2) is 0 Å². The third kappa shape index (κ3) is 4.83. The van der Waals surface area contributed by atoms with Crippen molar-refractivity contribution in [3.05, 3.63) is 203 Å². The van der Waals surface area contributed by atoms with Gasteiger partial charge in [-0.2, -0.15) is 0 Å². The van der Waals surface area contributed by atoms with Crippen molar-refractivity contribution in [2.24, 2.45) is 4.99 Å². The molecule has 4 nitrogen and oxygen atoms in total. The van der Waals surface area contributed by atoms with Gasteiger partial charge in [0.1, 0.15) is 5.84 Å². The maximum atomic E-state index is 5.24. The molecule has 2 unspecified atom stereocenters. The molecule has 0 saturated heterocycles. The highest BCUT2D eigenvalue weighted by molar-refractivity contribution is 6.16. The lowest BCUT2D eigenvalue weighted by atomic mass is 9.82. The van der Waals surface area contributed by atoms with Gasteiger partial charge in [0.25, 0.3) is 0 Å². The maximum absolute atomic E-state index is 5.24. The van der Waals surface area contributed by atoms with Crippen LogP contribution in [0.25, 0.3) is 55.1 Å². The highest BCUT2D eigenvalue weighted by Crippen LogP contribution is 2.53. The molecule has 1 aliphatic heterocycles. The second-order valence-corrected chi connectivity index (χ2v) is 14.4. The molecule has 0 spiro atoms. The normalized spacial score (nSPS) is 17.4. The zero-order chi connectivity index (χ0) is 34.8. The summed E-state index contributed by atoms with van der Waals surface area (Å²) in [5.41, 5.74) is 14.4. The number of hydrogen-bond donors (Lipinski definition) is 1. The minimum atomic E-state index is -0.324. The van der Waals surface area contributed by atoms with Gasteiger partial charge in [-0.05, 0) is 69.5 Å². The Kier molecular flexibility index (Phi) is 7.02. The Morgan fingerprint density at radius 3 is 2.04 bits per heavy atom. The van der Waals surface area contributed by atoms with Crippen LogP contribution in [0.1, 0.15) is 54.0 Å². The first-order valence-corrected chi connectivity index (χ1v) is 18.1. The Labute approximate surface area is 304 Å². The van der Waals surface area contributed by atoms with Crippen LogP contribution in [-0.2, 0) is 5.41 Å². The van der Waals surface area contributed by atoms with Gasteiger partial charge in [0.15, 0.2) is 0 Å². The molecular formula is C48H37N4-. The van der Waals surface area contributed by atoms with E-state index in [1.165, 1.54) is 55.2 Å². The number of nitrogens with one attached hydrogen (secondary N) is 1. The van der Waals surface area contributed by atoms with E-state index in [1.54, 1.807) is 0 Å². The molecule has 10 rings (SSSR count). The van der Waals surface area contributed by atoms with Crippen molar-refractivity contribution in [3.63, 3.8) is 0 Å². The molecule has 250 valence electrons. The van der Waals surface area contributed by atoms with Crippen molar-refractivity contribution in [1.82, 2.24) is 9.88 Å². The lowest BCUT2D eigenvalue weighted by molar-refractivity contribution is 0.631. The molecule has 0 radical (unpaired) electrons. The van der Waals surface area contributed by atoms with E-state index in [9.17, 15) is 0 Å². The van der Waals surface area contributed by atoms with Crippen LogP contribution < -0.4 is 5.32 Å². The van der Waals surface area contributed by atoms with E-state index in [-0.39, 0.29) is 17.7 Å². The van der Waals surface area contributed by atoms with Gasteiger partial charge in [-0.3, -0.25) is 4.99 Å². The summed E-state index contributed by atoms with van der Waals surface area (Å²) in [5.74, 6) is 0.835. The summed E-state index contributed by atoms with van der Waals surface area (Å²) in [5, 5.41) is 11.4. The maximum Gasteiger partial charge on any atom is 0.126 e. The topological polar surface area (TPSA) is 43.4 Å². The Morgan fingerprint density at radius 2 is 1.25 bits per heavy atom. The van der Waals surface area contributed by atoms with E-state index in [0.29, 0.717) is 0 Å². The summed E-state index contributed by atoms with van der Waals surface area (Å²) < 4.78 is 2.49. The van der Waals surface area contributed by atoms with Crippen LogP contribution in [0.3, 0.4) is 0 Å². The van der Waals surface area contributed by atoms with Crippen molar-refractivity contribution in [3.8, 4) is 27.9 Å². The summed E-state index contributed by atoms with van der Waals surface area (Å²) in [4.78, 5) is 5.24. The predicted octanol–water partition coefficient (Wildman–Crippen LogP) is 11.9. The fraction of sp³-hybridized carbons (Fsp3) is 0.104. The zero-order valence-electron chi connectivity index (χ0n) is 29.2. The minimum absolute atomic E-state index is 0.110. The second kappa shape index (κ2) is 11.9. The largest absolute Gasteiger partial charge is 0.613 e. The van der Waals surface area contributed by atoms with Crippen molar-refractivity contribution >= 4 is 27.6 Å². The van der Waals surface area contributed by atoms with Crippen LogP contribution in [-0.4, -0.2) is 10.4 Å². The van der Waals surface area contributed by atoms with Gasteiger partial charge < -0.3 is 15.2 Å². The van der Waals surface area contributed by atoms with E-state index in [4.69, 9.17) is 10.3 Å². The first kappa shape index (κ1) is 30.6. The number of aromatic nitrogens is 1. The van der Waals surface area contributed by atoms with Crippen molar-refractivity contribution in [2.45, 2.75) is 31.6 Å². The van der Waals surface area contributed by atoms with E-state index < -0.39 is 0 Å². The van der Waals surface area contributed by atoms with Gasteiger partial charge in [0.05, 0.1) is 11.0 Å². The van der Waals surface area contributed by atoms with Gasteiger partial charge >= 0.3 is 0 Å². The Hall–Kier alpha value is -6.23. The lowest BCUT2D eigenvalue weighted by Crippen LogP contribution is -2.34. The van der Waals surface area contributed by atoms with Crippen LogP contribution in [0.5, 0.6) is 0 Å². The monoisotopic (exact) mass is 669 g/mol. The number of amidine groups is 1. The molecule has 2 aliphatic rings. The van der Waals surface area contributed by atoms with E-state index in [1.807, 2.05) is 12.1 Å². The first-order valence-electron chi connectivity index (χ1n) is 18.1. The second-order valence-electron chi connectivity index (χ2n) is 14.4. The standard InChI is InChI=1S/C48H37N4/c1-48(2)40-24-13-12-23-39(40)43-41(48)28-27-38-37-26-25-34(31-15-6-3-7-16-31)30-42(37)52(44(38)43)36-22-14-21-35(29-36)47-50-45(32-17-8-4-9-18-32)49-46(51-47)33-19-10-5-11-20-33/h3-30,45-46H,1-2H3,(H,50,51)/q-1. The average Bonchev–Trinajstić information content (AvgIpc) is 3.67. The van der Waals surface area contributed by atoms with Crippen molar-refractivity contribution in [2.75, 3.05) is 0 Å². The van der Waals surface area contributed by atoms with E-state index >= 15 is 0 Å². The average molecular weight is 670 g/mol. The Bertz CT molecular complexity index is 2650. The molecule has 1 N–H and O–H groups in total. The number of fused-ring (bicyclic) bond motifs is 7. The molecule has 2 atom stereocenters. The zero-order valence-corrected chi connectivity index (χ0v) is 29.2. The van der Waals surface area contributed by atoms with Crippen LogP contribution in [0.15, 0.2) is 175 Å². The SMILES string of the molecule is CC1(C)c2ccccc2-c2c1ccc1c3ccc(-c4ccccc4)cc3n(-c3cccc(C4=NC(c5ccccc5)[N-]C(c5ccccc5)N4)c3)c21. The Morgan fingerprint density at radius 1 is 0.577 bits per heavy atom. The van der Waals surface area contributed by atoms with Gasteiger partial charge in [0.2, 0.25) is 0 Å². The van der Waals surface area contributed by atoms with Crippen LogP contribution in [0.2, 0.25) is 0 Å². The first-order chi connectivity index (χ1) is 25.5. The van der Waals surface area contributed by atoms with Gasteiger partial charge in [-0.15, -0.1) is 0 Å². The summed E-state index contributed by atoms with van der Waals surface area (Å²) in [7, 11) is 0. The van der Waals surface area contributed by atoms with Crippen molar-refractivity contribution < 1.29 is 0 Å². The molecule has 52 heavy (non-hydrogen) atoms. The third-order valence-electron chi connectivity index (χ3n) is 11.0. The van der Waals surface area contributed by atoms with Crippen LogP contribution in [0.4, 0.5) is 0 Å². The van der Waals surface area contributed by atoms with E-state index in [0.717, 1.165) is 28.2 Å². The molecule has 0 bridgehead atoms. The summed E-state index contributed by atoms with van der Waals surface area (Å²) in [6.45, 7) is 4.71. The molecule has 0 saturated carbocycles. The predicted molar refractivity (Wildman–Crippen MR) is 215 cm³/mol. The summed E-state index contributed by atoms with van der Waals surface area (Å²) in [6.07, 6.45) is -0.554. The molecular weight excluding hydrogens is 633 g/mol. The molecule has 2 heterocycles. The summed E-state index contributed by atoms with van der Waals surface area (Å²) in [6, 6.07) is 60.9. The number of benzene rings is 7. The number of nitrogens with zero attached hydrogens (tertiary/aromatic N) is 3. The fourth-order valence-corrected chi connectivity index (χ4v) is 8.41. The molecule has 1 aliphatic carbocycles. The Balaban J connectivity index is 1.21. The van der Waals surface area contributed by atoms with Gasteiger partial charge in [0, 0.05) is 33.0 Å². The van der Waals surface area contributed by atoms with Crippen LogP contribution in [0, 0.1) is 0 Å². The quantitative estimate of drug-likeness (QED) is 0.195. The number of rotatable bonds is 5. The van der Waals surface area contributed by atoms with Crippen LogP contribution >= 0.6 is 0 Å². The highest BCUT2D eigenvalue weighted by atomic mass is 15.3. The van der Waals surface area contributed by atoms with Crippen molar-refractivity contribution in [1.29, 1.82) is 0 Å². The summed E-state index contributed by atoms with van der Waals surface area (Å²) >= 11 is 0. The van der Waals surface area contributed by atoms with Gasteiger partial charge in [-0.1, -0.05) is 166 Å². The molecule has 8 aromatic rings. The molecule has 0 fully saturated rings. The number of aliphatic imine (C=N–C) groups is 1. The number of hydrogen-bond acceptors (Lipinski definition) is 2. The highest BCUT2D eigenvalue weighted by Gasteiger charge is 2.37. The molecule has 0 amide bonds. The smallest absolute Gasteiger partial charge is 0.126 e. The molecule has 1 aromatic heterocycles. The molecule has 7 aromatic carbocycles. The minimum Gasteiger partial charge on any atom is -0.613 e. The van der Waals surface area contributed by atoms with E-state index in [2.05, 4.69) is 181 Å². The third-order valence-corrected chi connectivity index (χ3v) is 11.0. The fourth-order valence-electron chi connectivity index (χ4n) is 8.41.